The first kappa shape index (κ1) is 13.4. The van der Waals surface area contributed by atoms with E-state index >= 15 is 0 Å². The SMILES string of the molecule is CCC(C)N(CC)c1ccccc1/C(N)=N/O. The molecule has 0 aliphatic carbocycles. The summed E-state index contributed by atoms with van der Waals surface area (Å²) in [6, 6.07) is 8.15. The van der Waals surface area contributed by atoms with E-state index in [9.17, 15) is 0 Å². The lowest BCUT2D eigenvalue weighted by atomic mass is 10.1. The van der Waals surface area contributed by atoms with E-state index in [1.165, 1.54) is 0 Å². The normalized spacial score (nSPS) is 13.5. The van der Waals surface area contributed by atoms with Crippen LogP contribution >= 0.6 is 0 Å². The van der Waals surface area contributed by atoms with Crippen LogP contribution in [0, 0.1) is 0 Å². The Labute approximate surface area is 103 Å². The molecule has 0 aromatic heterocycles. The highest BCUT2D eigenvalue weighted by Gasteiger charge is 2.16. The van der Waals surface area contributed by atoms with Crippen molar-refractivity contribution in [2.45, 2.75) is 33.2 Å². The van der Waals surface area contributed by atoms with Crippen LogP contribution in [0.4, 0.5) is 5.69 Å². The summed E-state index contributed by atoms with van der Waals surface area (Å²) in [6.07, 6.45) is 1.05. The van der Waals surface area contributed by atoms with Crippen molar-refractivity contribution in [1.82, 2.24) is 0 Å². The number of oxime groups is 1. The Morgan fingerprint density at radius 2 is 2.06 bits per heavy atom. The minimum atomic E-state index is 0.155. The molecule has 0 saturated heterocycles. The minimum absolute atomic E-state index is 0.155. The number of hydrogen-bond donors (Lipinski definition) is 2. The van der Waals surface area contributed by atoms with Gasteiger partial charge in [0.05, 0.1) is 0 Å². The maximum absolute atomic E-state index is 8.81. The molecule has 0 bridgehead atoms. The molecule has 0 heterocycles. The summed E-state index contributed by atoms with van der Waals surface area (Å²) in [5.41, 5.74) is 7.49. The molecule has 4 heteroatoms. The van der Waals surface area contributed by atoms with Gasteiger partial charge in [-0.15, -0.1) is 0 Å². The lowest BCUT2D eigenvalue weighted by Crippen LogP contribution is -2.34. The summed E-state index contributed by atoms with van der Waals surface area (Å²) >= 11 is 0. The molecule has 3 N–H and O–H groups in total. The van der Waals surface area contributed by atoms with Gasteiger partial charge < -0.3 is 15.8 Å². The van der Waals surface area contributed by atoms with Crippen LogP contribution in [0.3, 0.4) is 0 Å². The Morgan fingerprint density at radius 1 is 1.41 bits per heavy atom. The quantitative estimate of drug-likeness (QED) is 0.356. The highest BCUT2D eigenvalue weighted by molar-refractivity contribution is 6.02. The van der Waals surface area contributed by atoms with Gasteiger partial charge in [0.25, 0.3) is 0 Å². The second kappa shape index (κ2) is 6.13. The van der Waals surface area contributed by atoms with E-state index in [-0.39, 0.29) is 5.84 Å². The van der Waals surface area contributed by atoms with Crippen LogP contribution in [-0.2, 0) is 0 Å². The number of nitrogens with zero attached hydrogens (tertiary/aromatic N) is 2. The molecule has 1 aromatic rings. The van der Waals surface area contributed by atoms with Crippen molar-refractivity contribution in [3.05, 3.63) is 29.8 Å². The van der Waals surface area contributed by atoms with Crippen LogP contribution in [0.2, 0.25) is 0 Å². The van der Waals surface area contributed by atoms with Crippen molar-refractivity contribution < 1.29 is 5.21 Å². The van der Waals surface area contributed by atoms with Crippen molar-refractivity contribution in [3.8, 4) is 0 Å². The van der Waals surface area contributed by atoms with Gasteiger partial charge in [-0.1, -0.05) is 24.2 Å². The van der Waals surface area contributed by atoms with E-state index in [0.29, 0.717) is 6.04 Å². The monoisotopic (exact) mass is 235 g/mol. The average Bonchev–Trinajstić information content (AvgIpc) is 2.39. The third kappa shape index (κ3) is 2.90. The second-order valence-corrected chi connectivity index (χ2v) is 4.05. The molecule has 94 valence electrons. The van der Waals surface area contributed by atoms with Gasteiger partial charge in [0.2, 0.25) is 0 Å². The number of nitrogens with two attached hydrogens (primary N) is 1. The largest absolute Gasteiger partial charge is 0.409 e. The predicted octanol–water partition coefficient (Wildman–Crippen LogP) is 2.41. The maximum atomic E-state index is 8.81. The molecule has 4 nitrogen and oxygen atoms in total. The van der Waals surface area contributed by atoms with Crippen molar-refractivity contribution in [2.75, 3.05) is 11.4 Å². The summed E-state index contributed by atoms with van der Waals surface area (Å²) in [5, 5.41) is 11.9. The summed E-state index contributed by atoms with van der Waals surface area (Å²) in [4.78, 5) is 2.26. The van der Waals surface area contributed by atoms with E-state index in [4.69, 9.17) is 10.9 Å². The van der Waals surface area contributed by atoms with E-state index in [2.05, 4.69) is 30.8 Å². The molecular weight excluding hydrogens is 214 g/mol. The molecule has 0 amide bonds. The molecule has 1 rings (SSSR count). The second-order valence-electron chi connectivity index (χ2n) is 4.05. The molecule has 0 aliphatic heterocycles. The van der Waals surface area contributed by atoms with Crippen LogP contribution < -0.4 is 10.6 Å². The van der Waals surface area contributed by atoms with E-state index in [1.54, 1.807) is 0 Å². The first-order chi connectivity index (χ1) is 8.15. The average molecular weight is 235 g/mol. The summed E-state index contributed by atoms with van der Waals surface area (Å²) in [6.45, 7) is 7.33. The number of benzene rings is 1. The fourth-order valence-electron chi connectivity index (χ4n) is 1.93. The van der Waals surface area contributed by atoms with Gasteiger partial charge in [0.1, 0.15) is 0 Å². The highest BCUT2D eigenvalue weighted by atomic mass is 16.4. The smallest absolute Gasteiger partial charge is 0.172 e. The van der Waals surface area contributed by atoms with Crippen molar-refractivity contribution in [2.24, 2.45) is 10.9 Å². The molecule has 0 radical (unpaired) electrons. The fourth-order valence-corrected chi connectivity index (χ4v) is 1.93. The van der Waals surface area contributed by atoms with Crippen LogP contribution in [0.25, 0.3) is 0 Å². The zero-order chi connectivity index (χ0) is 12.8. The number of amidine groups is 1. The number of para-hydroxylation sites is 1. The molecule has 0 saturated carbocycles. The topological polar surface area (TPSA) is 61.8 Å². The molecule has 0 fully saturated rings. The molecule has 17 heavy (non-hydrogen) atoms. The maximum Gasteiger partial charge on any atom is 0.172 e. The van der Waals surface area contributed by atoms with Gasteiger partial charge in [-0.25, -0.2) is 0 Å². The molecular formula is C13H21N3O. The zero-order valence-electron chi connectivity index (χ0n) is 10.7. The summed E-state index contributed by atoms with van der Waals surface area (Å²) in [7, 11) is 0. The van der Waals surface area contributed by atoms with Crippen LogP contribution in [0.15, 0.2) is 29.4 Å². The highest BCUT2D eigenvalue weighted by Crippen LogP contribution is 2.23. The molecule has 1 atom stereocenters. The van der Waals surface area contributed by atoms with Crippen LogP contribution in [-0.4, -0.2) is 23.6 Å². The van der Waals surface area contributed by atoms with Gasteiger partial charge in [-0.05, 0) is 32.4 Å². The van der Waals surface area contributed by atoms with Crippen LogP contribution in [0.5, 0.6) is 0 Å². The van der Waals surface area contributed by atoms with Gasteiger partial charge in [-0.2, -0.15) is 0 Å². The third-order valence-electron chi connectivity index (χ3n) is 3.06. The standard InChI is InChI=1S/C13H21N3O/c1-4-10(3)16(5-2)12-9-7-6-8-11(12)13(14)15-17/h6-10,17H,4-5H2,1-3H3,(H2,14,15). The Kier molecular flexibility index (Phi) is 4.82. The minimum Gasteiger partial charge on any atom is -0.409 e. The van der Waals surface area contributed by atoms with Gasteiger partial charge in [0.15, 0.2) is 5.84 Å². The molecule has 0 spiro atoms. The zero-order valence-corrected chi connectivity index (χ0v) is 10.7. The van der Waals surface area contributed by atoms with Gasteiger partial charge >= 0.3 is 0 Å². The van der Waals surface area contributed by atoms with Crippen molar-refractivity contribution in [1.29, 1.82) is 0 Å². The van der Waals surface area contributed by atoms with Crippen LogP contribution in [0.1, 0.15) is 32.8 Å². The molecule has 1 unspecified atom stereocenters. The number of hydrogen-bond acceptors (Lipinski definition) is 3. The van der Waals surface area contributed by atoms with Gasteiger partial charge in [-0.3, -0.25) is 0 Å². The van der Waals surface area contributed by atoms with E-state index < -0.39 is 0 Å². The Morgan fingerprint density at radius 3 is 2.59 bits per heavy atom. The third-order valence-corrected chi connectivity index (χ3v) is 3.06. The lowest BCUT2D eigenvalue weighted by molar-refractivity contribution is 0.318. The Hall–Kier alpha value is -1.71. The first-order valence-corrected chi connectivity index (χ1v) is 5.99. The van der Waals surface area contributed by atoms with E-state index in [1.807, 2.05) is 24.3 Å². The number of anilines is 1. The van der Waals surface area contributed by atoms with Gasteiger partial charge in [0, 0.05) is 23.8 Å². The van der Waals surface area contributed by atoms with E-state index in [0.717, 1.165) is 24.2 Å². The number of rotatable bonds is 5. The lowest BCUT2D eigenvalue weighted by Gasteiger charge is -2.31. The first-order valence-electron chi connectivity index (χ1n) is 5.99. The molecule has 0 aliphatic rings. The fraction of sp³-hybridized carbons (Fsp3) is 0.462. The molecule has 1 aromatic carbocycles. The summed E-state index contributed by atoms with van der Waals surface area (Å²) in [5.74, 6) is 0.155. The predicted molar refractivity (Wildman–Crippen MR) is 71.7 cm³/mol. The Bertz CT molecular complexity index is 390. The van der Waals surface area contributed by atoms with Crippen molar-refractivity contribution >= 4 is 11.5 Å². The summed E-state index contributed by atoms with van der Waals surface area (Å²) < 4.78 is 0. The van der Waals surface area contributed by atoms with Crippen molar-refractivity contribution in [3.63, 3.8) is 0 Å². The Balaban J connectivity index is 3.19.